The molecular formula is C15H14ClN3O2S. The normalized spacial score (nSPS) is 12.1. The van der Waals surface area contributed by atoms with Crippen LogP contribution in [0.3, 0.4) is 0 Å². The number of benzene rings is 1. The van der Waals surface area contributed by atoms with E-state index in [4.69, 9.17) is 33.3 Å². The van der Waals surface area contributed by atoms with Crippen LogP contribution in [-0.2, 0) is 6.54 Å². The summed E-state index contributed by atoms with van der Waals surface area (Å²) in [5.41, 5.74) is 1.80. The van der Waals surface area contributed by atoms with Crippen LogP contribution < -0.4 is 20.1 Å². The third-order valence-electron chi connectivity index (χ3n) is 3.15. The van der Waals surface area contributed by atoms with Crippen molar-refractivity contribution in [2.75, 3.05) is 12.1 Å². The Kier molecular flexibility index (Phi) is 4.31. The predicted octanol–water partition coefficient (Wildman–Crippen LogP) is 3.26. The van der Waals surface area contributed by atoms with Gasteiger partial charge in [-0.1, -0.05) is 17.7 Å². The summed E-state index contributed by atoms with van der Waals surface area (Å²) >= 11 is 11.2. The molecule has 3 rings (SSSR count). The van der Waals surface area contributed by atoms with Crippen molar-refractivity contribution in [2.24, 2.45) is 0 Å². The lowest BCUT2D eigenvalue weighted by atomic mass is 10.2. The largest absolute Gasteiger partial charge is 0.454 e. The molecule has 0 bridgehead atoms. The van der Waals surface area contributed by atoms with Gasteiger partial charge in [-0.25, -0.2) is 4.98 Å². The molecule has 0 atom stereocenters. The summed E-state index contributed by atoms with van der Waals surface area (Å²) in [6, 6.07) is 9.35. The number of aryl methyl sites for hydroxylation is 1. The zero-order chi connectivity index (χ0) is 15.5. The van der Waals surface area contributed by atoms with E-state index < -0.39 is 0 Å². The van der Waals surface area contributed by atoms with Gasteiger partial charge in [0, 0.05) is 6.54 Å². The molecule has 0 aliphatic carbocycles. The molecule has 1 aromatic heterocycles. The van der Waals surface area contributed by atoms with Crippen LogP contribution in [0, 0.1) is 6.92 Å². The number of fused-ring (bicyclic) bond motifs is 1. The lowest BCUT2D eigenvalue weighted by Crippen LogP contribution is -2.28. The highest BCUT2D eigenvalue weighted by Crippen LogP contribution is 2.32. The average molecular weight is 336 g/mol. The number of hydrogen-bond donors (Lipinski definition) is 2. The molecule has 0 amide bonds. The first-order chi connectivity index (χ1) is 10.6. The highest BCUT2D eigenvalue weighted by Gasteiger charge is 2.13. The van der Waals surface area contributed by atoms with Crippen molar-refractivity contribution in [2.45, 2.75) is 13.5 Å². The van der Waals surface area contributed by atoms with E-state index in [1.54, 1.807) is 12.1 Å². The van der Waals surface area contributed by atoms with Crippen molar-refractivity contribution in [1.29, 1.82) is 0 Å². The van der Waals surface area contributed by atoms with Gasteiger partial charge in [-0.3, -0.25) is 0 Å². The van der Waals surface area contributed by atoms with E-state index in [9.17, 15) is 0 Å². The van der Waals surface area contributed by atoms with E-state index in [0.29, 0.717) is 22.5 Å². The first kappa shape index (κ1) is 14.9. The first-order valence-corrected chi connectivity index (χ1v) is 7.47. The molecule has 0 radical (unpaired) electrons. The van der Waals surface area contributed by atoms with Crippen molar-refractivity contribution in [1.82, 2.24) is 10.3 Å². The van der Waals surface area contributed by atoms with Gasteiger partial charge in [0.15, 0.2) is 16.6 Å². The molecule has 2 heterocycles. The van der Waals surface area contributed by atoms with Crippen LogP contribution in [0.5, 0.6) is 11.5 Å². The molecule has 114 valence electrons. The fourth-order valence-corrected chi connectivity index (χ4v) is 2.29. The van der Waals surface area contributed by atoms with Gasteiger partial charge in [-0.2, -0.15) is 0 Å². The minimum absolute atomic E-state index is 0.272. The van der Waals surface area contributed by atoms with E-state index in [1.165, 1.54) is 0 Å². The van der Waals surface area contributed by atoms with Gasteiger partial charge >= 0.3 is 0 Å². The summed E-state index contributed by atoms with van der Waals surface area (Å²) in [6.07, 6.45) is 0. The summed E-state index contributed by atoms with van der Waals surface area (Å²) in [4.78, 5) is 4.31. The molecule has 0 saturated heterocycles. The van der Waals surface area contributed by atoms with E-state index in [-0.39, 0.29) is 6.79 Å². The Labute approximate surface area is 138 Å². The highest BCUT2D eigenvalue weighted by molar-refractivity contribution is 7.80. The monoisotopic (exact) mass is 335 g/mol. The number of pyridine rings is 1. The Bertz CT molecular complexity index is 724. The van der Waals surface area contributed by atoms with Crippen LogP contribution >= 0.6 is 23.8 Å². The number of halogens is 1. The number of aromatic nitrogens is 1. The molecule has 0 fully saturated rings. The maximum absolute atomic E-state index is 5.94. The van der Waals surface area contributed by atoms with Gasteiger partial charge in [-0.15, -0.1) is 0 Å². The average Bonchev–Trinajstić information content (AvgIpc) is 2.96. The van der Waals surface area contributed by atoms with Crippen molar-refractivity contribution in [3.8, 4) is 11.5 Å². The Balaban J connectivity index is 1.57. The Morgan fingerprint density at radius 3 is 2.91 bits per heavy atom. The predicted molar refractivity (Wildman–Crippen MR) is 89.6 cm³/mol. The second-order valence-corrected chi connectivity index (χ2v) is 5.57. The minimum Gasteiger partial charge on any atom is -0.454 e. The van der Waals surface area contributed by atoms with E-state index in [0.717, 1.165) is 22.8 Å². The van der Waals surface area contributed by atoms with Crippen molar-refractivity contribution < 1.29 is 9.47 Å². The number of hydrogen-bond acceptors (Lipinski definition) is 4. The molecule has 1 aliphatic heterocycles. The lowest BCUT2D eigenvalue weighted by Gasteiger charge is -2.11. The number of nitrogens with one attached hydrogen (secondary N) is 2. The standard InChI is InChI=1S/C15H14ClN3O2S/c1-9-11(16)3-5-14(18-9)19-15(22)17-7-10-2-4-12-13(6-10)21-8-20-12/h2-6H,7-8H2,1H3,(H2,17,18,19,22). The lowest BCUT2D eigenvalue weighted by molar-refractivity contribution is 0.174. The minimum atomic E-state index is 0.272. The summed E-state index contributed by atoms with van der Waals surface area (Å²) in [5, 5.41) is 7.27. The van der Waals surface area contributed by atoms with E-state index >= 15 is 0 Å². The quantitative estimate of drug-likeness (QED) is 0.840. The van der Waals surface area contributed by atoms with E-state index in [1.807, 2.05) is 25.1 Å². The number of rotatable bonds is 3. The Morgan fingerprint density at radius 2 is 2.09 bits per heavy atom. The van der Waals surface area contributed by atoms with Gasteiger partial charge in [0.2, 0.25) is 6.79 Å². The summed E-state index contributed by atoms with van der Waals surface area (Å²) in [5.74, 6) is 2.18. The van der Waals surface area contributed by atoms with Crippen LogP contribution in [0.25, 0.3) is 0 Å². The summed E-state index contributed by atoms with van der Waals surface area (Å²) in [7, 11) is 0. The van der Waals surface area contributed by atoms with Crippen molar-refractivity contribution >= 4 is 34.7 Å². The van der Waals surface area contributed by atoms with Gasteiger partial charge in [0.25, 0.3) is 0 Å². The van der Waals surface area contributed by atoms with Crippen LogP contribution in [0.2, 0.25) is 5.02 Å². The molecule has 1 aliphatic rings. The third-order valence-corrected chi connectivity index (χ3v) is 3.80. The fourth-order valence-electron chi connectivity index (χ4n) is 2.01. The maximum atomic E-state index is 5.94. The van der Waals surface area contributed by atoms with Crippen LogP contribution in [-0.4, -0.2) is 16.9 Å². The number of nitrogens with zero attached hydrogens (tertiary/aromatic N) is 1. The number of anilines is 1. The van der Waals surface area contributed by atoms with Crippen molar-refractivity contribution in [3.63, 3.8) is 0 Å². The Morgan fingerprint density at radius 1 is 1.27 bits per heavy atom. The SMILES string of the molecule is Cc1nc(NC(=S)NCc2ccc3c(c2)OCO3)ccc1Cl. The van der Waals surface area contributed by atoms with Gasteiger partial charge in [0.05, 0.1) is 10.7 Å². The molecule has 0 saturated carbocycles. The fraction of sp³-hybridized carbons (Fsp3) is 0.200. The van der Waals surface area contributed by atoms with Crippen LogP contribution in [0.15, 0.2) is 30.3 Å². The molecule has 7 heteroatoms. The molecule has 2 N–H and O–H groups in total. The molecule has 22 heavy (non-hydrogen) atoms. The second kappa shape index (κ2) is 6.37. The second-order valence-electron chi connectivity index (χ2n) is 4.76. The van der Waals surface area contributed by atoms with Gasteiger partial charge < -0.3 is 20.1 Å². The van der Waals surface area contributed by atoms with Gasteiger partial charge in [-0.05, 0) is 49.0 Å². The maximum Gasteiger partial charge on any atom is 0.231 e. The molecule has 1 aromatic carbocycles. The molecule has 2 aromatic rings. The third kappa shape index (κ3) is 3.40. The number of thiocarbonyl (C=S) groups is 1. The molecule has 0 spiro atoms. The molecule has 0 unspecified atom stereocenters. The van der Waals surface area contributed by atoms with Crippen LogP contribution in [0.1, 0.15) is 11.3 Å². The first-order valence-electron chi connectivity index (χ1n) is 6.68. The van der Waals surface area contributed by atoms with E-state index in [2.05, 4.69) is 15.6 Å². The molecule has 5 nitrogen and oxygen atoms in total. The van der Waals surface area contributed by atoms with Crippen molar-refractivity contribution in [3.05, 3.63) is 46.6 Å². The van der Waals surface area contributed by atoms with Gasteiger partial charge in [0.1, 0.15) is 5.82 Å². The number of ether oxygens (including phenoxy) is 2. The highest BCUT2D eigenvalue weighted by atomic mass is 35.5. The summed E-state index contributed by atoms with van der Waals surface area (Å²) < 4.78 is 10.6. The zero-order valence-electron chi connectivity index (χ0n) is 11.9. The summed E-state index contributed by atoms with van der Waals surface area (Å²) in [6.45, 7) is 2.69. The topological polar surface area (TPSA) is 55.4 Å². The zero-order valence-corrected chi connectivity index (χ0v) is 13.4. The Hall–Kier alpha value is -2.05. The van der Waals surface area contributed by atoms with Crippen LogP contribution in [0.4, 0.5) is 5.82 Å². The smallest absolute Gasteiger partial charge is 0.231 e. The molecular weight excluding hydrogens is 322 g/mol.